The number of carbonyl (C=O) groups is 2. The molecule has 2 heterocycles. The number of rotatable bonds is 4. The van der Waals surface area contributed by atoms with E-state index in [9.17, 15) is 9.59 Å². The van der Waals surface area contributed by atoms with Crippen LogP contribution in [0.3, 0.4) is 0 Å². The van der Waals surface area contributed by atoms with E-state index in [2.05, 4.69) is 22.4 Å². The number of hydrogen-bond donors (Lipinski definition) is 1. The van der Waals surface area contributed by atoms with Gasteiger partial charge in [0.1, 0.15) is 5.69 Å². The second kappa shape index (κ2) is 7.47. The Bertz CT molecular complexity index is 786. The van der Waals surface area contributed by atoms with E-state index >= 15 is 0 Å². The summed E-state index contributed by atoms with van der Waals surface area (Å²) in [6.07, 6.45) is 2.37. The average molecular weight is 337 g/mol. The van der Waals surface area contributed by atoms with E-state index in [1.165, 1.54) is 17.3 Å². The first-order valence-electron chi connectivity index (χ1n) is 8.65. The Morgan fingerprint density at radius 1 is 1.20 bits per heavy atom. The molecule has 1 aromatic heterocycles. The minimum absolute atomic E-state index is 0.131. The predicted molar refractivity (Wildman–Crippen MR) is 96.3 cm³/mol. The van der Waals surface area contributed by atoms with Gasteiger partial charge in [0, 0.05) is 31.4 Å². The van der Waals surface area contributed by atoms with E-state index < -0.39 is 0 Å². The van der Waals surface area contributed by atoms with Gasteiger partial charge in [0.2, 0.25) is 0 Å². The summed E-state index contributed by atoms with van der Waals surface area (Å²) in [7, 11) is 0. The fourth-order valence-electron chi connectivity index (χ4n) is 2.92. The molecule has 2 amide bonds. The van der Waals surface area contributed by atoms with Crippen molar-refractivity contribution in [2.24, 2.45) is 5.92 Å². The molecule has 0 aliphatic carbocycles. The molecular formula is C20H23N3O2. The van der Waals surface area contributed by atoms with Crippen LogP contribution in [0.4, 0.5) is 0 Å². The molecule has 2 aromatic rings. The largest absolute Gasteiger partial charge is 0.352 e. The molecule has 5 nitrogen and oxygen atoms in total. The number of benzene rings is 1. The maximum absolute atomic E-state index is 12.8. The van der Waals surface area contributed by atoms with Crippen molar-refractivity contribution >= 4 is 11.8 Å². The van der Waals surface area contributed by atoms with Gasteiger partial charge in [-0.3, -0.25) is 14.6 Å². The Labute approximate surface area is 148 Å². The smallest absolute Gasteiger partial charge is 0.272 e. The molecule has 0 bridgehead atoms. The fraction of sp³-hybridized carbons (Fsp3) is 0.350. The molecule has 1 aromatic carbocycles. The van der Waals surface area contributed by atoms with Gasteiger partial charge >= 0.3 is 0 Å². The number of aromatic nitrogens is 1. The van der Waals surface area contributed by atoms with Gasteiger partial charge in [0.25, 0.3) is 11.8 Å². The number of carbonyl (C=O) groups excluding carboxylic acids is 2. The lowest BCUT2D eigenvalue weighted by atomic mass is 9.99. The second-order valence-corrected chi connectivity index (χ2v) is 6.78. The van der Waals surface area contributed by atoms with Gasteiger partial charge in [-0.15, -0.1) is 0 Å². The molecule has 0 atom stereocenters. The van der Waals surface area contributed by atoms with Crippen LogP contribution in [0.15, 0.2) is 42.6 Å². The molecule has 130 valence electrons. The highest BCUT2D eigenvalue weighted by atomic mass is 16.2. The number of fused-ring (bicyclic) bond motifs is 1. The standard InChI is InChI=1S/C20H23N3O2/c1-14(2)12-22-19(24)16-7-9-21-18(11-16)20(25)23-10-8-15-5-3-4-6-17(15)13-23/h3-7,9,11,14H,8,10,12-13H2,1-2H3,(H,22,24). The van der Waals surface area contributed by atoms with Crippen molar-refractivity contribution in [2.75, 3.05) is 13.1 Å². The van der Waals surface area contributed by atoms with Crippen molar-refractivity contribution < 1.29 is 9.59 Å². The van der Waals surface area contributed by atoms with Crippen molar-refractivity contribution in [2.45, 2.75) is 26.8 Å². The van der Waals surface area contributed by atoms with Gasteiger partial charge in [-0.1, -0.05) is 38.1 Å². The Morgan fingerprint density at radius 3 is 2.72 bits per heavy atom. The molecule has 5 heteroatoms. The van der Waals surface area contributed by atoms with E-state index in [0.29, 0.717) is 36.8 Å². The van der Waals surface area contributed by atoms with Crippen LogP contribution < -0.4 is 5.32 Å². The zero-order valence-electron chi connectivity index (χ0n) is 14.7. The third-order valence-corrected chi connectivity index (χ3v) is 4.33. The highest BCUT2D eigenvalue weighted by Crippen LogP contribution is 2.20. The first-order valence-corrected chi connectivity index (χ1v) is 8.65. The number of nitrogens with zero attached hydrogens (tertiary/aromatic N) is 2. The van der Waals surface area contributed by atoms with Crippen LogP contribution in [0.5, 0.6) is 0 Å². The Kier molecular flexibility index (Phi) is 5.12. The van der Waals surface area contributed by atoms with Crippen LogP contribution in [0.25, 0.3) is 0 Å². The lowest BCUT2D eigenvalue weighted by molar-refractivity contribution is 0.0728. The van der Waals surface area contributed by atoms with Crippen molar-refractivity contribution in [1.29, 1.82) is 0 Å². The molecule has 0 fully saturated rings. The van der Waals surface area contributed by atoms with Gasteiger partial charge in [-0.2, -0.15) is 0 Å². The number of hydrogen-bond acceptors (Lipinski definition) is 3. The fourth-order valence-corrected chi connectivity index (χ4v) is 2.92. The Balaban J connectivity index is 1.73. The summed E-state index contributed by atoms with van der Waals surface area (Å²) in [5.74, 6) is 0.0717. The number of pyridine rings is 1. The minimum atomic E-state index is -0.172. The maximum Gasteiger partial charge on any atom is 0.272 e. The van der Waals surface area contributed by atoms with Gasteiger partial charge in [0.05, 0.1) is 0 Å². The van der Waals surface area contributed by atoms with Crippen molar-refractivity contribution in [1.82, 2.24) is 15.2 Å². The molecule has 1 aliphatic rings. The minimum Gasteiger partial charge on any atom is -0.352 e. The summed E-state index contributed by atoms with van der Waals surface area (Å²) < 4.78 is 0. The Morgan fingerprint density at radius 2 is 1.96 bits per heavy atom. The SMILES string of the molecule is CC(C)CNC(=O)c1ccnc(C(=O)N2CCc3ccccc3C2)c1. The molecule has 0 radical (unpaired) electrons. The summed E-state index contributed by atoms with van der Waals surface area (Å²) in [6, 6.07) is 11.4. The van der Waals surface area contributed by atoms with Crippen LogP contribution in [0.2, 0.25) is 0 Å². The lowest BCUT2D eigenvalue weighted by Gasteiger charge is -2.28. The highest BCUT2D eigenvalue weighted by Gasteiger charge is 2.23. The van der Waals surface area contributed by atoms with Crippen LogP contribution in [0.1, 0.15) is 45.8 Å². The van der Waals surface area contributed by atoms with E-state index in [4.69, 9.17) is 0 Å². The summed E-state index contributed by atoms with van der Waals surface area (Å²) in [4.78, 5) is 31.0. The molecule has 3 rings (SSSR count). The van der Waals surface area contributed by atoms with Gasteiger partial charge in [0.15, 0.2) is 0 Å². The molecule has 1 aliphatic heterocycles. The highest BCUT2D eigenvalue weighted by molar-refractivity contribution is 5.98. The normalized spacial score (nSPS) is 13.5. The quantitative estimate of drug-likeness (QED) is 0.933. The number of amides is 2. The summed E-state index contributed by atoms with van der Waals surface area (Å²) in [6.45, 7) is 5.93. The number of nitrogens with one attached hydrogen (secondary N) is 1. The summed E-state index contributed by atoms with van der Waals surface area (Å²) in [5, 5.41) is 2.87. The summed E-state index contributed by atoms with van der Waals surface area (Å²) in [5.41, 5.74) is 3.25. The van der Waals surface area contributed by atoms with E-state index in [-0.39, 0.29) is 11.8 Å². The lowest BCUT2D eigenvalue weighted by Crippen LogP contribution is -2.36. The predicted octanol–water partition coefficient (Wildman–Crippen LogP) is 2.67. The van der Waals surface area contributed by atoms with E-state index in [1.807, 2.05) is 26.0 Å². The van der Waals surface area contributed by atoms with Crippen LogP contribution >= 0.6 is 0 Å². The van der Waals surface area contributed by atoms with Gasteiger partial charge < -0.3 is 10.2 Å². The molecular weight excluding hydrogens is 314 g/mol. The van der Waals surface area contributed by atoms with Crippen molar-refractivity contribution in [3.8, 4) is 0 Å². The zero-order valence-corrected chi connectivity index (χ0v) is 14.7. The topological polar surface area (TPSA) is 62.3 Å². The van der Waals surface area contributed by atoms with Crippen molar-refractivity contribution in [3.63, 3.8) is 0 Å². The molecule has 1 N–H and O–H groups in total. The maximum atomic E-state index is 12.8. The van der Waals surface area contributed by atoms with E-state index in [0.717, 1.165) is 6.42 Å². The van der Waals surface area contributed by atoms with Crippen LogP contribution in [-0.4, -0.2) is 34.8 Å². The summed E-state index contributed by atoms with van der Waals surface area (Å²) >= 11 is 0. The molecule has 0 saturated heterocycles. The van der Waals surface area contributed by atoms with E-state index in [1.54, 1.807) is 17.0 Å². The molecule has 0 unspecified atom stereocenters. The van der Waals surface area contributed by atoms with Crippen LogP contribution in [0, 0.1) is 5.92 Å². The molecule has 0 spiro atoms. The molecule has 0 saturated carbocycles. The molecule has 25 heavy (non-hydrogen) atoms. The zero-order chi connectivity index (χ0) is 17.8. The first kappa shape index (κ1) is 17.1. The second-order valence-electron chi connectivity index (χ2n) is 6.78. The van der Waals surface area contributed by atoms with Gasteiger partial charge in [-0.25, -0.2) is 0 Å². The van der Waals surface area contributed by atoms with Crippen molar-refractivity contribution in [3.05, 3.63) is 65.0 Å². The first-order chi connectivity index (χ1) is 12.0. The third-order valence-electron chi connectivity index (χ3n) is 4.33. The Hall–Kier alpha value is -2.69. The average Bonchev–Trinajstić information content (AvgIpc) is 2.65. The van der Waals surface area contributed by atoms with Gasteiger partial charge in [-0.05, 0) is 35.6 Å². The monoisotopic (exact) mass is 337 g/mol. The van der Waals surface area contributed by atoms with Crippen LogP contribution in [-0.2, 0) is 13.0 Å². The third kappa shape index (κ3) is 4.05.